The number of halogens is 3. The van der Waals surface area contributed by atoms with Crippen LogP contribution in [0.4, 0.5) is 19.4 Å². The largest absolute Gasteiger partial charge is 0.461 e. The van der Waals surface area contributed by atoms with Gasteiger partial charge in [0.1, 0.15) is 23.5 Å². The Bertz CT molecular complexity index is 1280. The van der Waals surface area contributed by atoms with Crippen molar-refractivity contribution in [3.05, 3.63) is 34.3 Å². The predicted molar refractivity (Wildman–Crippen MR) is 162 cm³/mol. The summed E-state index contributed by atoms with van der Waals surface area (Å²) in [5.74, 6) is -0.133. The molecule has 1 aromatic carbocycles. The van der Waals surface area contributed by atoms with Crippen molar-refractivity contribution < 1.29 is 27.8 Å². The van der Waals surface area contributed by atoms with Crippen LogP contribution in [0.2, 0.25) is 0 Å². The normalized spacial score (nSPS) is 20.6. The van der Waals surface area contributed by atoms with Crippen LogP contribution in [0.5, 0.6) is 6.01 Å². The fourth-order valence-electron chi connectivity index (χ4n) is 5.86. The van der Waals surface area contributed by atoms with Crippen molar-refractivity contribution in [2.75, 3.05) is 51.8 Å². The van der Waals surface area contributed by atoms with E-state index in [1.807, 2.05) is 20.8 Å². The minimum absolute atomic E-state index is 0.0353. The smallest absolute Gasteiger partial charge is 0.410 e. The molecule has 2 unspecified atom stereocenters. The molecule has 0 bridgehead atoms. The fraction of sp³-hybridized carbons (Fsp3) is 0.633. The number of hydrogen-bond donors (Lipinski definition) is 1. The lowest BCUT2D eigenvalue weighted by molar-refractivity contribution is 0.00555. The van der Waals surface area contributed by atoms with E-state index in [1.54, 1.807) is 24.1 Å². The average Bonchev–Trinajstić information content (AvgIpc) is 3.48. The number of amides is 1. The number of nitrogens with zero attached hydrogens (tertiary/aromatic N) is 4. The van der Waals surface area contributed by atoms with E-state index in [1.165, 1.54) is 0 Å². The summed E-state index contributed by atoms with van der Waals surface area (Å²) in [6.07, 6.45) is 4.36. The van der Waals surface area contributed by atoms with Crippen LogP contribution >= 0.6 is 15.9 Å². The highest BCUT2D eigenvalue weighted by Gasteiger charge is 2.47. The van der Waals surface area contributed by atoms with Crippen molar-refractivity contribution in [1.29, 1.82) is 0 Å². The number of nitrogens with one attached hydrogen (secondary N) is 1. The Morgan fingerprint density at radius 2 is 2.12 bits per heavy atom. The first-order valence-electron chi connectivity index (χ1n) is 14.5. The molecular weight excluding hydrogens is 612 g/mol. The molecule has 42 heavy (non-hydrogen) atoms. The van der Waals surface area contributed by atoms with E-state index in [0.29, 0.717) is 50.2 Å². The second kappa shape index (κ2) is 13.8. The zero-order chi connectivity index (χ0) is 30.5. The third-order valence-electron chi connectivity index (χ3n) is 7.75. The summed E-state index contributed by atoms with van der Waals surface area (Å²) in [7, 11) is 1.61. The van der Waals surface area contributed by atoms with Crippen LogP contribution in [-0.2, 0) is 9.47 Å². The summed E-state index contributed by atoms with van der Waals surface area (Å²) in [4.78, 5) is 26.1. The topological polar surface area (TPSA) is 89.1 Å². The Labute approximate surface area is 255 Å². The van der Waals surface area contributed by atoms with Gasteiger partial charge in [-0.3, -0.25) is 4.90 Å². The molecule has 3 heterocycles. The molecule has 1 amide bonds. The first-order valence-corrected chi connectivity index (χ1v) is 15.3. The Kier molecular flexibility index (Phi) is 10.6. The standard InChI is InChI=1S/C30H42BrF2N5O4/c1-6-8-21(18-40-5)38(28(39)42-29(2,3)4)14-12-34-26-22-9-10-23(31)24(33)25(22)35-27(36-26)41-19-30-11-7-13-37(30)17-20(15-30)16-32/h9-10,16,21H,6-8,11-15,17-19H2,1-5H3,(H,34,35,36)/b20-16-. The van der Waals surface area contributed by atoms with E-state index in [9.17, 15) is 9.18 Å². The highest BCUT2D eigenvalue weighted by atomic mass is 79.9. The van der Waals surface area contributed by atoms with Crippen LogP contribution in [0.25, 0.3) is 10.9 Å². The van der Waals surface area contributed by atoms with Crippen molar-refractivity contribution in [2.24, 2.45) is 0 Å². The van der Waals surface area contributed by atoms with Crippen LogP contribution in [0.1, 0.15) is 59.8 Å². The highest BCUT2D eigenvalue weighted by molar-refractivity contribution is 9.10. The maximum atomic E-state index is 15.2. The van der Waals surface area contributed by atoms with Crippen molar-refractivity contribution in [2.45, 2.75) is 77.0 Å². The van der Waals surface area contributed by atoms with Gasteiger partial charge in [-0.25, -0.2) is 13.6 Å². The van der Waals surface area contributed by atoms with Gasteiger partial charge in [-0.2, -0.15) is 9.97 Å². The summed E-state index contributed by atoms with van der Waals surface area (Å²) in [5.41, 5.74) is -0.107. The van der Waals surface area contributed by atoms with Gasteiger partial charge in [0.15, 0.2) is 5.82 Å². The van der Waals surface area contributed by atoms with Crippen molar-refractivity contribution in [3.63, 3.8) is 0 Å². The Morgan fingerprint density at radius 1 is 1.33 bits per heavy atom. The van der Waals surface area contributed by atoms with Gasteiger partial charge >= 0.3 is 12.1 Å². The number of benzene rings is 1. The molecule has 232 valence electrons. The van der Waals surface area contributed by atoms with Gasteiger partial charge in [-0.1, -0.05) is 13.3 Å². The van der Waals surface area contributed by atoms with Gasteiger partial charge in [-0.05, 0) is 86.6 Å². The quantitative estimate of drug-likeness (QED) is 0.279. The average molecular weight is 655 g/mol. The molecule has 2 aliphatic heterocycles. The van der Waals surface area contributed by atoms with E-state index >= 15 is 4.39 Å². The molecule has 9 nitrogen and oxygen atoms in total. The van der Waals surface area contributed by atoms with Gasteiger partial charge in [-0.15, -0.1) is 0 Å². The molecule has 0 radical (unpaired) electrons. The maximum absolute atomic E-state index is 15.2. The van der Waals surface area contributed by atoms with E-state index in [4.69, 9.17) is 14.2 Å². The maximum Gasteiger partial charge on any atom is 0.410 e. The number of carbonyl (C=O) groups excluding carboxylic acids is 1. The monoisotopic (exact) mass is 653 g/mol. The lowest BCUT2D eigenvalue weighted by Gasteiger charge is -2.33. The summed E-state index contributed by atoms with van der Waals surface area (Å²) >= 11 is 3.25. The number of aromatic nitrogens is 2. The van der Waals surface area contributed by atoms with Crippen LogP contribution in [0, 0.1) is 5.82 Å². The molecule has 2 aromatic rings. The SMILES string of the molecule is CCCC(COC)N(CCNc1nc(OCC23CCCN2C/C(=C\F)C3)nc2c(F)c(Br)ccc12)C(=O)OC(C)(C)C. The molecule has 2 fully saturated rings. The minimum atomic E-state index is -0.652. The van der Waals surface area contributed by atoms with E-state index in [-0.39, 0.29) is 34.2 Å². The minimum Gasteiger partial charge on any atom is -0.461 e. The Hall–Kier alpha value is -2.57. The Balaban J connectivity index is 1.56. The molecule has 12 heteroatoms. The highest BCUT2D eigenvalue weighted by Crippen LogP contribution is 2.41. The van der Waals surface area contributed by atoms with Gasteiger partial charge in [0, 0.05) is 32.1 Å². The summed E-state index contributed by atoms with van der Waals surface area (Å²) in [6.45, 7) is 10.3. The first-order chi connectivity index (χ1) is 20.0. The second-order valence-corrected chi connectivity index (χ2v) is 12.9. The number of carbonyl (C=O) groups is 1. The molecule has 0 aliphatic carbocycles. The molecule has 0 spiro atoms. The van der Waals surface area contributed by atoms with Crippen molar-refractivity contribution in [1.82, 2.24) is 19.8 Å². The predicted octanol–water partition coefficient (Wildman–Crippen LogP) is 6.47. The van der Waals surface area contributed by atoms with Crippen LogP contribution in [0.15, 0.2) is 28.5 Å². The van der Waals surface area contributed by atoms with Crippen molar-refractivity contribution in [3.8, 4) is 6.01 Å². The summed E-state index contributed by atoms with van der Waals surface area (Å²) < 4.78 is 46.1. The fourth-order valence-corrected chi connectivity index (χ4v) is 6.18. The number of rotatable bonds is 12. The second-order valence-electron chi connectivity index (χ2n) is 12.1. The van der Waals surface area contributed by atoms with Gasteiger partial charge in [0.25, 0.3) is 0 Å². The molecule has 4 rings (SSSR count). The van der Waals surface area contributed by atoms with Gasteiger partial charge < -0.3 is 24.4 Å². The number of hydrogen-bond acceptors (Lipinski definition) is 8. The zero-order valence-corrected chi connectivity index (χ0v) is 26.7. The summed E-state index contributed by atoms with van der Waals surface area (Å²) in [6, 6.07) is 3.20. The molecule has 2 saturated heterocycles. The van der Waals surface area contributed by atoms with Crippen molar-refractivity contribution >= 4 is 38.7 Å². The van der Waals surface area contributed by atoms with Crippen LogP contribution in [-0.4, -0.2) is 89.5 Å². The van der Waals surface area contributed by atoms with Crippen LogP contribution in [0.3, 0.4) is 0 Å². The van der Waals surface area contributed by atoms with E-state index < -0.39 is 17.5 Å². The molecule has 2 aliphatic rings. The number of fused-ring (bicyclic) bond motifs is 2. The van der Waals surface area contributed by atoms with Gasteiger partial charge in [0.2, 0.25) is 0 Å². The third-order valence-corrected chi connectivity index (χ3v) is 8.36. The number of anilines is 1. The molecular formula is C30H42BrF2N5O4. The molecule has 0 saturated carbocycles. The third kappa shape index (κ3) is 7.49. The Morgan fingerprint density at radius 3 is 2.81 bits per heavy atom. The molecule has 1 N–H and O–H groups in total. The molecule has 1 aromatic heterocycles. The lowest BCUT2D eigenvalue weighted by Crippen LogP contribution is -2.47. The van der Waals surface area contributed by atoms with E-state index in [0.717, 1.165) is 37.8 Å². The lowest BCUT2D eigenvalue weighted by atomic mass is 9.94. The number of methoxy groups -OCH3 is 1. The zero-order valence-electron chi connectivity index (χ0n) is 25.1. The molecule has 2 atom stereocenters. The van der Waals surface area contributed by atoms with Gasteiger partial charge in [0.05, 0.1) is 29.0 Å². The summed E-state index contributed by atoms with van der Waals surface area (Å²) in [5, 5.41) is 3.76. The van der Waals surface area contributed by atoms with E-state index in [2.05, 4.69) is 43.0 Å². The van der Waals surface area contributed by atoms with Crippen LogP contribution < -0.4 is 10.1 Å². The number of ether oxygens (including phenoxy) is 3. The first kappa shape index (κ1) is 32.3.